The molecule has 0 atom stereocenters. The molecule has 0 unspecified atom stereocenters. The molecule has 0 spiro atoms. The molecule has 0 aliphatic carbocycles. The lowest BCUT2D eigenvalue weighted by atomic mass is 9.96. The van der Waals surface area contributed by atoms with Crippen molar-refractivity contribution in [1.29, 1.82) is 0 Å². The van der Waals surface area contributed by atoms with Gasteiger partial charge in [-0.15, -0.1) is 0 Å². The van der Waals surface area contributed by atoms with Crippen LogP contribution in [0.2, 0.25) is 11.6 Å². The molecule has 0 amide bonds. The first-order chi connectivity index (χ1) is 8.85. The lowest BCUT2D eigenvalue weighted by Crippen LogP contribution is -2.28. The molecule has 0 saturated heterocycles. The molecule has 0 heterocycles. The van der Waals surface area contributed by atoms with Crippen molar-refractivity contribution in [3.8, 4) is 17.2 Å². The van der Waals surface area contributed by atoms with Gasteiger partial charge in [-0.25, -0.2) is 0 Å². The van der Waals surface area contributed by atoms with Crippen LogP contribution in [0.3, 0.4) is 0 Å². The molecule has 1 aromatic rings. The van der Waals surface area contributed by atoms with E-state index in [0.717, 1.165) is 17.1 Å². The van der Waals surface area contributed by atoms with Gasteiger partial charge in [0.2, 0.25) is 0 Å². The Balaban J connectivity index is 3.38. The van der Waals surface area contributed by atoms with Gasteiger partial charge in [-0.1, -0.05) is 11.6 Å². The van der Waals surface area contributed by atoms with Crippen LogP contribution in [-0.2, 0) is 9.39 Å². The maximum absolute atomic E-state index is 6.12. The molecule has 0 saturated carbocycles. The monoisotopic (exact) mass is 282 g/mol. The first-order valence-electron chi connectivity index (χ1n) is 6.34. The van der Waals surface area contributed by atoms with Gasteiger partial charge >= 0.3 is 14.5 Å². The highest BCUT2D eigenvalue weighted by Gasteiger charge is 2.31. The van der Waals surface area contributed by atoms with Crippen LogP contribution in [0.1, 0.15) is 19.4 Å². The molecule has 19 heavy (non-hydrogen) atoms. The molecule has 5 heteroatoms. The zero-order valence-electron chi connectivity index (χ0n) is 12.9. The van der Waals surface area contributed by atoms with Crippen molar-refractivity contribution < 1.29 is 18.0 Å². The number of ether oxygens (including phenoxy) is 3. The van der Waals surface area contributed by atoms with Crippen LogP contribution < -0.4 is 14.2 Å². The van der Waals surface area contributed by atoms with E-state index < -0.39 is 20.1 Å². The highest BCUT2D eigenvalue weighted by molar-refractivity contribution is 6.48. The van der Waals surface area contributed by atoms with Crippen LogP contribution in [0.25, 0.3) is 0 Å². The molecular weight excluding hydrogens is 259 g/mol. The van der Waals surface area contributed by atoms with Gasteiger partial charge in [-0.05, 0) is 13.8 Å². The zero-order chi connectivity index (χ0) is 14.6. The van der Waals surface area contributed by atoms with Crippen molar-refractivity contribution in [1.82, 2.24) is 0 Å². The van der Waals surface area contributed by atoms with E-state index in [1.54, 1.807) is 21.3 Å². The molecule has 0 N–H and O–H groups in total. The van der Waals surface area contributed by atoms with Crippen molar-refractivity contribution in [3.63, 3.8) is 0 Å². The Hall–Kier alpha value is -0.888. The predicted molar refractivity (Wildman–Crippen MR) is 77.7 cm³/mol. The summed E-state index contributed by atoms with van der Waals surface area (Å²) < 4.78 is 22.3. The fourth-order valence-corrected chi connectivity index (χ4v) is 3.54. The van der Waals surface area contributed by atoms with Crippen molar-refractivity contribution in [2.24, 2.45) is 0 Å². The van der Waals surface area contributed by atoms with E-state index in [2.05, 4.69) is 11.6 Å². The number of rotatable bonds is 6. The zero-order valence-corrected chi connectivity index (χ0v) is 14.0. The molecular formula is C14H23AlO4. The van der Waals surface area contributed by atoms with Gasteiger partial charge in [0.25, 0.3) is 0 Å². The second-order valence-corrected chi connectivity index (χ2v) is 7.42. The van der Waals surface area contributed by atoms with E-state index in [1.165, 1.54) is 0 Å². The number of methoxy groups -OCH3 is 3. The largest absolute Gasteiger partial charge is 0.496 e. The van der Waals surface area contributed by atoms with Crippen molar-refractivity contribution in [2.45, 2.75) is 31.0 Å². The van der Waals surface area contributed by atoms with Gasteiger partial charge in [0.1, 0.15) is 17.2 Å². The normalized spacial score (nSPS) is 11.1. The Morgan fingerprint density at radius 1 is 0.895 bits per heavy atom. The first kappa shape index (κ1) is 16.2. The van der Waals surface area contributed by atoms with Crippen LogP contribution in [0, 0.1) is 0 Å². The Morgan fingerprint density at radius 2 is 1.37 bits per heavy atom. The molecule has 0 aliphatic heterocycles. The van der Waals surface area contributed by atoms with E-state index in [9.17, 15) is 0 Å². The van der Waals surface area contributed by atoms with Crippen molar-refractivity contribution in [2.75, 3.05) is 21.3 Å². The first-order valence-corrected chi connectivity index (χ1v) is 9.12. The molecule has 106 valence electrons. The quantitative estimate of drug-likeness (QED) is 0.751. The van der Waals surface area contributed by atoms with Crippen LogP contribution in [-0.4, -0.2) is 35.8 Å². The van der Waals surface area contributed by atoms with Crippen molar-refractivity contribution in [3.05, 3.63) is 17.7 Å². The maximum Gasteiger partial charge on any atom is 0.454 e. The topological polar surface area (TPSA) is 36.9 Å². The second-order valence-electron chi connectivity index (χ2n) is 5.08. The smallest absolute Gasteiger partial charge is 0.454 e. The molecule has 1 aromatic carbocycles. The van der Waals surface area contributed by atoms with Gasteiger partial charge in [0.15, 0.2) is 0 Å². The lowest BCUT2D eigenvalue weighted by Gasteiger charge is -2.32. The van der Waals surface area contributed by atoms with Gasteiger partial charge in [-0.3, -0.25) is 0 Å². The van der Waals surface area contributed by atoms with Gasteiger partial charge in [0.05, 0.1) is 32.5 Å². The molecule has 0 radical (unpaired) electrons. The average molecular weight is 282 g/mol. The number of benzene rings is 1. The van der Waals surface area contributed by atoms with Crippen LogP contribution in [0.15, 0.2) is 12.1 Å². The minimum absolute atomic E-state index is 0.455. The Labute approximate surface area is 120 Å². The molecule has 0 aromatic heterocycles. The van der Waals surface area contributed by atoms with Gasteiger partial charge < -0.3 is 18.0 Å². The van der Waals surface area contributed by atoms with Gasteiger partial charge in [0, 0.05) is 12.1 Å². The SMILES string of the molecule is COc1cc(OC)c(C(C)(C)[O][Al]([CH3])[CH3])c(OC)c1. The maximum atomic E-state index is 6.12. The van der Waals surface area contributed by atoms with Crippen LogP contribution in [0.4, 0.5) is 0 Å². The fraction of sp³-hybridized carbons (Fsp3) is 0.571. The molecule has 0 bridgehead atoms. The van der Waals surface area contributed by atoms with E-state index in [1.807, 2.05) is 26.0 Å². The number of hydrogen-bond acceptors (Lipinski definition) is 4. The van der Waals surface area contributed by atoms with Gasteiger partial charge in [-0.2, -0.15) is 0 Å². The van der Waals surface area contributed by atoms with Crippen LogP contribution in [0.5, 0.6) is 17.2 Å². The molecule has 1 rings (SSSR count). The summed E-state index contributed by atoms with van der Waals surface area (Å²) in [5, 5.41) is 0. The fourth-order valence-electron chi connectivity index (χ4n) is 2.25. The highest BCUT2D eigenvalue weighted by atomic mass is 27.2. The summed E-state index contributed by atoms with van der Waals surface area (Å²) >= 11 is -1.19. The third-order valence-corrected chi connectivity index (χ3v) is 3.91. The summed E-state index contributed by atoms with van der Waals surface area (Å²) in [6.45, 7) is 4.07. The van der Waals surface area contributed by atoms with E-state index in [-0.39, 0.29) is 0 Å². The average Bonchev–Trinajstić information content (AvgIpc) is 2.35. The van der Waals surface area contributed by atoms with Crippen LogP contribution >= 0.6 is 0 Å². The summed E-state index contributed by atoms with van der Waals surface area (Å²) in [6, 6.07) is 3.70. The highest BCUT2D eigenvalue weighted by Crippen LogP contribution is 2.42. The van der Waals surface area contributed by atoms with Crippen molar-refractivity contribution >= 4 is 14.5 Å². The Kier molecular flexibility index (Phi) is 5.54. The summed E-state index contributed by atoms with van der Waals surface area (Å²) in [7, 11) is 4.90. The molecule has 4 nitrogen and oxygen atoms in total. The number of hydrogen-bond donors (Lipinski definition) is 0. The minimum atomic E-state index is -1.19. The summed E-state index contributed by atoms with van der Waals surface area (Å²) in [5.41, 5.74) is 0.461. The van der Waals surface area contributed by atoms with E-state index in [4.69, 9.17) is 18.0 Å². The third-order valence-electron chi connectivity index (χ3n) is 2.85. The second kappa shape index (κ2) is 6.52. The third kappa shape index (κ3) is 3.79. The standard InChI is InChI=1S/C12H17O4.2CH3.Al/c1-12(2,13)11-9(15-4)6-8(14-3)7-10(11)16-5;;;/h6-7H,1-5H3;2*1H3;/q-1;;;+1. The Bertz CT molecular complexity index is 404. The summed E-state index contributed by atoms with van der Waals surface area (Å²) in [5.74, 6) is 6.43. The Morgan fingerprint density at radius 3 is 1.68 bits per heavy atom. The minimum Gasteiger partial charge on any atom is -0.496 e. The summed E-state index contributed by atoms with van der Waals surface area (Å²) in [6.07, 6.45) is 0. The molecule has 0 aliphatic rings. The van der Waals surface area contributed by atoms with E-state index in [0.29, 0.717) is 5.75 Å². The predicted octanol–water partition coefficient (Wildman–Crippen LogP) is 3.22. The van der Waals surface area contributed by atoms with E-state index >= 15 is 0 Å². The summed E-state index contributed by atoms with van der Waals surface area (Å²) in [4.78, 5) is 0. The molecule has 0 fully saturated rings. The lowest BCUT2D eigenvalue weighted by molar-refractivity contribution is 0.102.